The summed E-state index contributed by atoms with van der Waals surface area (Å²) in [5, 5.41) is 12.6. The number of carbonyl (C=O) groups excluding carboxylic acids is 1. The summed E-state index contributed by atoms with van der Waals surface area (Å²) >= 11 is 12.1. The van der Waals surface area contributed by atoms with Crippen molar-refractivity contribution in [2.45, 2.75) is 12.1 Å². The van der Waals surface area contributed by atoms with E-state index >= 15 is 0 Å². The van der Waals surface area contributed by atoms with E-state index in [9.17, 15) is 9.90 Å². The summed E-state index contributed by atoms with van der Waals surface area (Å²) in [6.07, 6.45) is -0.513. The van der Waals surface area contributed by atoms with Crippen LogP contribution in [0.5, 0.6) is 0 Å². The number of nitrogens with zero attached hydrogens (tertiary/aromatic N) is 5. The lowest BCUT2D eigenvalue weighted by molar-refractivity contribution is 0.0376. The molecule has 0 spiro atoms. The normalized spacial score (nSPS) is 22.0. The molecular formula is C23H23Cl2N5O2. The average Bonchev–Trinajstić information content (AvgIpc) is 3.20. The minimum absolute atomic E-state index is 0.0111. The molecule has 3 heterocycles. The number of β-amino-alcohol motifs (C(OH)–C–C–N with tert-alkyl or cyclic N) is 1. The highest BCUT2D eigenvalue weighted by Gasteiger charge is 2.38. The number of amides is 1. The first-order valence-corrected chi connectivity index (χ1v) is 11.4. The molecule has 2 fully saturated rings. The molecule has 3 aromatic rings. The van der Waals surface area contributed by atoms with Crippen LogP contribution < -0.4 is 4.90 Å². The van der Waals surface area contributed by atoms with Gasteiger partial charge in [-0.25, -0.2) is 4.98 Å². The highest BCUT2D eigenvalue weighted by atomic mass is 35.5. The molecule has 0 radical (unpaired) electrons. The van der Waals surface area contributed by atoms with Crippen molar-refractivity contribution < 1.29 is 9.90 Å². The minimum atomic E-state index is -0.513. The number of rotatable bonds is 3. The van der Waals surface area contributed by atoms with E-state index in [-0.39, 0.29) is 17.2 Å². The zero-order valence-corrected chi connectivity index (χ0v) is 18.9. The Labute approximate surface area is 196 Å². The highest BCUT2D eigenvalue weighted by molar-refractivity contribution is 6.30. The van der Waals surface area contributed by atoms with Crippen molar-refractivity contribution in [3.05, 3.63) is 64.4 Å². The second-order valence-corrected chi connectivity index (χ2v) is 8.98. The zero-order chi connectivity index (χ0) is 22.2. The van der Waals surface area contributed by atoms with Gasteiger partial charge < -0.3 is 14.9 Å². The second kappa shape index (κ2) is 8.83. The molecule has 1 amide bonds. The maximum atomic E-state index is 12.8. The standard InChI is InChI=1S/C23H23Cl2N5O2/c24-16-7-5-15(6-8-16)22(32)29-11-9-28(10-12-29)19-13-30(14-20(19)31)21-17-3-1-2-4-18(17)26-23(25)27-21/h1-8,19-20,31H,9-14H2. The van der Waals surface area contributed by atoms with Crippen LogP contribution in [0.15, 0.2) is 48.5 Å². The van der Waals surface area contributed by atoms with E-state index in [0.717, 1.165) is 16.7 Å². The van der Waals surface area contributed by atoms with E-state index < -0.39 is 6.10 Å². The monoisotopic (exact) mass is 471 g/mol. The first kappa shape index (κ1) is 21.4. The van der Waals surface area contributed by atoms with E-state index in [1.807, 2.05) is 29.2 Å². The van der Waals surface area contributed by atoms with Crippen molar-refractivity contribution in [3.63, 3.8) is 0 Å². The zero-order valence-electron chi connectivity index (χ0n) is 17.4. The van der Waals surface area contributed by atoms with Crippen molar-refractivity contribution in [1.29, 1.82) is 0 Å². The van der Waals surface area contributed by atoms with Gasteiger partial charge in [0, 0.05) is 55.2 Å². The van der Waals surface area contributed by atoms with Gasteiger partial charge in [-0.3, -0.25) is 9.69 Å². The number of carbonyl (C=O) groups is 1. The Morgan fingerprint density at radius 2 is 1.66 bits per heavy atom. The van der Waals surface area contributed by atoms with Crippen LogP contribution in [-0.4, -0.2) is 82.2 Å². The minimum Gasteiger partial charge on any atom is -0.390 e. The van der Waals surface area contributed by atoms with Gasteiger partial charge in [0.2, 0.25) is 5.28 Å². The van der Waals surface area contributed by atoms with Crippen molar-refractivity contribution >= 4 is 45.8 Å². The molecule has 1 N–H and O–H groups in total. The molecule has 7 nitrogen and oxygen atoms in total. The molecule has 32 heavy (non-hydrogen) atoms. The molecule has 1 aromatic heterocycles. The molecule has 2 unspecified atom stereocenters. The molecule has 0 aliphatic carbocycles. The van der Waals surface area contributed by atoms with Gasteiger partial charge in [-0.05, 0) is 48.0 Å². The molecule has 9 heteroatoms. The van der Waals surface area contributed by atoms with Gasteiger partial charge in [-0.2, -0.15) is 4.98 Å². The Bertz CT molecular complexity index is 1130. The van der Waals surface area contributed by atoms with Gasteiger partial charge in [0.1, 0.15) is 5.82 Å². The molecule has 2 aromatic carbocycles. The Kier molecular flexibility index (Phi) is 5.90. The van der Waals surface area contributed by atoms with Gasteiger partial charge in [0.15, 0.2) is 0 Å². The maximum absolute atomic E-state index is 12.8. The van der Waals surface area contributed by atoms with Gasteiger partial charge >= 0.3 is 0 Å². The predicted molar refractivity (Wildman–Crippen MR) is 125 cm³/mol. The average molecular weight is 472 g/mol. The van der Waals surface area contributed by atoms with Crippen molar-refractivity contribution in [3.8, 4) is 0 Å². The lowest BCUT2D eigenvalue weighted by atomic mass is 10.1. The van der Waals surface area contributed by atoms with Crippen molar-refractivity contribution in [1.82, 2.24) is 19.8 Å². The SMILES string of the molecule is O=C(c1ccc(Cl)cc1)N1CCN(C2CN(c3nc(Cl)nc4ccccc34)CC2O)CC1. The van der Waals surface area contributed by atoms with Gasteiger partial charge in [0.05, 0.1) is 17.7 Å². The topological polar surface area (TPSA) is 72.8 Å². The van der Waals surface area contributed by atoms with Crippen molar-refractivity contribution in [2.24, 2.45) is 0 Å². The summed E-state index contributed by atoms with van der Waals surface area (Å²) in [4.78, 5) is 27.7. The van der Waals surface area contributed by atoms with Crippen LogP contribution in [0.25, 0.3) is 10.9 Å². The van der Waals surface area contributed by atoms with E-state index in [1.54, 1.807) is 24.3 Å². The summed E-state index contributed by atoms with van der Waals surface area (Å²) in [6, 6.07) is 14.7. The smallest absolute Gasteiger partial charge is 0.253 e. The van der Waals surface area contributed by atoms with Crippen LogP contribution >= 0.6 is 23.2 Å². The lowest BCUT2D eigenvalue weighted by Crippen LogP contribution is -2.54. The highest BCUT2D eigenvalue weighted by Crippen LogP contribution is 2.30. The number of halogens is 2. The van der Waals surface area contributed by atoms with E-state index in [2.05, 4.69) is 19.8 Å². The first-order chi connectivity index (χ1) is 15.5. The fourth-order valence-corrected chi connectivity index (χ4v) is 4.90. The molecule has 166 valence electrons. The third-order valence-electron chi connectivity index (χ3n) is 6.28. The van der Waals surface area contributed by atoms with Crippen LogP contribution in [-0.2, 0) is 0 Å². The third-order valence-corrected chi connectivity index (χ3v) is 6.70. The molecule has 2 aliphatic heterocycles. The molecule has 2 aliphatic rings. The number of hydrogen-bond acceptors (Lipinski definition) is 6. The summed E-state index contributed by atoms with van der Waals surface area (Å²) in [5.41, 5.74) is 1.43. The number of anilines is 1. The summed E-state index contributed by atoms with van der Waals surface area (Å²) < 4.78 is 0. The second-order valence-electron chi connectivity index (χ2n) is 8.21. The quantitative estimate of drug-likeness (QED) is 0.592. The third kappa shape index (κ3) is 4.13. The van der Waals surface area contributed by atoms with Gasteiger partial charge in [-0.15, -0.1) is 0 Å². The van der Waals surface area contributed by atoms with Crippen LogP contribution in [0.4, 0.5) is 5.82 Å². The van der Waals surface area contributed by atoms with Crippen LogP contribution in [0.3, 0.4) is 0 Å². The Balaban J connectivity index is 1.26. The predicted octanol–water partition coefficient (Wildman–Crippen LogP) is 2.94. The van der Waals surface area contributed by atoms with E-state index in [0.29, 0.717) is 49.9 Å². The van der Waals surface area contributed by atoms with Crippen LogP contribution in [0.1, 0.15) is 10.4 Å². The number of benzene rings is 2. The Morgan fingerprint density at radius 3 is 2.41 bits per heavy atom. The van der Waals surface area contributed by atoms with Gasteiger partial charge in [-0.1, -0.05) is 23.7 Å². The first-order valence-electron chi connectivity index (χ1n) is 10.6. The fraction of sp³-hybridized carbons (Fsp3) is 0.348. The summed E-state index contributed by atoms with van der Waals surface area (Å²) in [6.45, 7) is 3.77. The number of piperazine rings is 1. The summed E-state index contributed by atoms with van der Waals surface area (Å²) in [7, 11) is 0. The molecule has 5 rings (SSSR count). The van der Waals surface area contributed by atoms with Crippen LogP contribution in [0, 0.1) is 0 Å². The largest absolute Gasteiger partial charge is 0.390 e. The molecular weight excluding hydrogens is 449 g/mol. The summed E-state index contributed by atoms with van der Waals surface area (Å²) in [5.74, 6) is 0.760. The van der Waals surface area contributed by atoms with Crippen molar-refractivity contribution in [2.75, 3.05) is 44.2 Å². The molecule has 0 bridgehead atoms. The fourth-order valence-electron chi connectivity index (χ4n) is 4.61. The van der Waals surface area contributed by atoms with Gasteiger partial charge in [0.25, 0.3) is 5.91 Å². The number of aromatic nitrogens is 2. The van der Waals surface area contributed by atoms with E-state index in [4.69, 9.17) is 23.2 Å². The lowest BCUT2D eigenvalue weighted by Gasteiger charge is -2.38. The number of fused-ring (bicyclic) bond motifs is 1. The number of aliphatic hydroxyl groups is 1. The molecule has 2 saturated heterocycles. The Morgan fingerprint density at radius 1 is 0.938 bits per heavy atom. The number of hydrogen-bond donors (Lipinski definition) is 1. The maximum Gasteiger partial charge on any atom is 0.253 e. The molecule has 2 atom stereocenters. The number of para-hydroxylation sites is 1. The van der Waals surface area contributed by atoms with Crippen LogP contribution in [0.2, 0.25) is 10.3 Å². The Hall–Kier alpha value is -2.45. The number of aliphatic hydroxyl groups excluding tert-OH is 1. The molecule has 0 saturated carbocycles. The van der Waals surface area contributed by atoms with E-state index in [1.165, 1.54) is 0 Å².